The van der Waals surface area contributed by atoms with Gasteiger partial charge in [-0.2, -0.15) is 0 Å². The van der Waals surface area contributed by atoms with Crippen molar-refractivity contribution in [1.29, 1.82) is 0 Å². The first-order valence-corrected chi connectivity index (χ1v) is 13.9. The van der Waals surface area contributed by atoms with Crippen molar-refractivity contribution in [2.45, 2.75) is 55.8 Å². The smallest absolute Gasteiger partial charge is 0.265 e. The highest BCUT2D eigenvalue weighted by molar-refractivity contribution is 6.35. The van der Waals surface area contributed by atoms with Crippen LogP contribution in [0.15, 0.2) is 79.0 Å². The predicted octanol–water partition coefficient (Wildman–Crippen LogP) is 3.68. The molecule has 6 rings (SSSR count). The number of hydrazine groups is 1. The third kappa shape index (κ3) is 5.39. The van der Waals surface area contributed by atoms with Crippen LogP contribution in [-0.4, -0.2) is 56.8 Å². The molecule has 0 unspecified atom stereocenters. The Morgan fingerprint density at radius 3 is 2.40 bits per heavy atom. The van der Waals surface area contributed by atoms with E-state index in [1.54, 1.807) is 28.8 Å². The van der Waals surface area contributed by atoms with E-state index in [-0.39, 0.29) is 12.5 Å². The topological polar surface area (TPSA) is 116 Å². The van der Waals surface area contributed by atoms with Crippen LogP contribution >= 0.6 is 11.6 Å². The van der Waals surface area contributed by atoms with Crippen LogP contribution in [0.25, 0.3) is 10.9 Å². The Hall–Kier alpha value is -3.24. The first-order chi connectivity index (χ1) is 19.4. The molecule has 1 amide bonds. The number of ether oxygens (including phenoxy) is 1. The van der Waals surface area contributed by atoms with Crippen LogP contribution in [0, 0.1) is 0 Å². The first-order valence-electron chi connectivity index (χ1n) is 13.6. The summed E-state index contributed by atoms with van der Waals surface area (Å²) >= 11 is 6.67. The van der Waals surface area contributed by atoms with Gasteiger partial charge in [-0.25, -0.2) is 5.43 Å². The van der Waals surface area contributed by atoms with Crippen LogP contribution in [0.4, 0.5) is 0 Å². The van der Waals surface area contributed by atoms with Crippen LogP contribution in [0.2, 0.25) is 5.02 Å². The number of rotatable bonds is 8. The molecule has 0 bridgehead atoms. The molecule has 1 aliphatic carbocycles. The molecule has 3 aromatic carbocycles. The lowest BCUT2D eigenvalue weighted by molar-refractivity contribution is -0.242. The van der Waals surface area contributed by atoms with Crippen LogP contribution in [0.1, 0.15) is 52.0 Å². The third-order valence-corrected chi connectivity index (χ3v) is 8.13. The number of hydrogen-bond acceptors (Lipinski definition) is 6. The summed E-state index contributed by atoms with van der Waals surface area (Å²) in [6.45, 7) is 0.000176. The molecule has 40 heavy (non-hydrogen) atoms. The number of nitrogens with zero attached hydrogens (tertiary/aromatic N) is 1. The van der Waals surface area contributed by atoms with Gasteiger partial charge in [0.15, 0.2) is 6.23 Å². The number of aliphatic hydroxyl groups excluding tert-OH is 3. The summed E-state index contributed by atoms with van der Waals surface area (Å²) in [7, 11) is 0. The van der Waals surface area contributed by atoms with Gasteiger partial charge in [0.2, 0.25) is 0 Å². The molecule has 4 aromatic rings. The van der Waals surface area contributed by atoms with Gasteiger partial charge in [-0.1, -0.05) is 60.1 Å². The number of halogens is 1. The molecule has 2 fully saturated rings. The Bertz CT molecular complexity index is 1490. The van der Waals surface area contributed by atoms with Crippen molar-refractivity contribution in [1.82, 2.24) is 15.4 Å². The largest absolute Gasteiger partial charge is 0.388 e. The number of carbonyl (C=O) groups excluding carboxylic acids is 1. The fourth-order valence-electron chi connectivity index (χ4n) is 5.46. The number of amides is 1. The van der Waals surface area contributed by atoms with Gasteiger partial charge in [-0.15, -0.1) is 0 Å². The highest BCUT2D eigenvalue weighted by atomic mass is 35.5. The van der Waals surface area contributed by atoms with Gasteiger partial charge < -0.3 is 24.6 Å². The highest BCUT2D eigenvalue weighted by Gasteiger charge is 2.44. The molecule has 2 aliphatic rings. The van der Waals surface area contributed by atoms with E-state index >= 15 is 0 Å². The minimum absolute atomic E-state index is 0.000176. The van der Waals surface area contributed by atoms with Crippen molar-refractivity contribution in [2.75, 3.05) is 6.54 Å². The molecule has 0 radical (unpaired) electrons. The number of hydrogen-bond donors (Lipinski definition) is 5. The average Bonchev–Trinajstić information content (AvgIpc) is 3.76. The molecule has 208 valence electrons. The summed E-state index contributed by atoms with van der Waals surface area (Å²) < 4.78 is 7.93. The Morgan fingerprint density at radius 2 is 1.68 bits per heavy atom. The van der Waals surface area contributed by atoms with E-state index in [1.807, 2.05) is 30.5 Å². The maximum Gasteiger partial charge on any atom is 0.265 e. The molecule has 0 spiro atoms. The number of aromatic nitrogens is 1. The number of aliphatic hydroxyl groups is 3. The van der Waals surface area contributed by atoms with Crippen LogP contribution in [-0.2, 0) is 11.2 Å². The van der Waals surface area contributed by atoms with E-state index in [9.17, 15) is 20.1 Å². The Kier molecular flexibility index (Phi) is 7.63. The zero-order chi connectivity index (χ0) is 27.8. The van der Waals surface area contributed by atoms with Crippen molar-refractivity contribution >= 4 is 28.4 Å². The number of nitrogens with one attached hydrogen (secondary N) is 2. The highest BCUT2D eigenvalue weighted by Crippen LogP contribution is 2.40. The van der Waals surface area contributed by atoms with Gasteiger partial charge >= 0.3 is 0 Å². The van der Waals surface area contributed by atoms with Gasteiger partial charge in [0.25, 0.3) is 5.91 Å². The van der Waals surface area contributed by atoms with Gasteiger partial charge in [-0.3, -0.25) is 10.2 Å². The van der Waals surface area contributed by atoms with Crippen molar-refractivity contribution in [3.8, 4) is 0 Å². The molecular weight excluding hydrogens is 530 g/mol. The van der Waals surface area contributed by atoms with Crippen LogP contribution in [0.3, 0.4) is 0 Å². The SMILES string of the molecule is O=C(NNC[C@H]1O[C@@H](n2cc(Cc3ccc(C4CC4)cc3)c3c(Cl)cccc32)[C@H](O)[C@@H](O)[C@@H]1O)c1ccccc1. The van der Waals surface area contributed by atoms with Crippen LogP contribution in [0.5, 0.6) is 0 Å². The summed E-state index contributed by atoms with van der Waals surface area (Å²) in [5.74, 6) is 0.343. The zero-order valence-electron chi connectivity index (χ0n) is 21.8. The third-order valence-electron chi connectivity index (χ3n) is 7.81. The second-order valence-electron chi connectivity index (χ2n) is 10.6. The van der Waals surface area contributed by atoms with E-state index in [4.69, 9.17) is 16.3 Å². The van der Waals surface area contributed by atoms with Crippen molar-refractivity contribution in [3.05, 3.63) is 106 Å². The number of fused-ring (bicyclic) bond motifs is 1. The fourth-order valence-corrected chi connectivity index (χ4v) is 5.75. The van der Waals surface area contributed by atoms with Gasteiger partial charge in [-0.05, 0) is 66.1 Å². The van der Waals surface area contributed by atoms with Crippen molar-refractivity contribution in [2.24, 2.45) is 0 Å². The molecule has 1 saturated heterocycles. The molecule has 5 atom stereocenters. The van der Waals surface area contributed by atoms with E-state index < -0.39 is 30.6 Å². The monoisotopic (exact) mass is 561 g/mol. The maximum atomic E-state index is 12.4. The molecule has 1 aromatic heterocycles. The summed E-state index contributed by atoms with van der Waals surface area (Å²) in [6.07, 6.45) is -1.13. The molecule has 8 nitrogen and oxygen atoms in total. The number of benzene rings is 3. The second-order valence-corrected chi connectivity index (χ2v) is 11.0. The molecule has 9 heteroatoms. The Morgan fingerprint density at radius 1 is 0.925 bits per heavy atom. The Balaban J connectivity index is 1.23. The fraction of sp³-hybridized carbons (Fsp3) is 0.323. The second kappa shape index (κ2) is 11.3. The average molecular weight is 562 g/mol. The number of carbonyl (C=O) groups is 1. The lowest BCUT2D eigenvalue weighted by atomic mass is 9.98. The predicted molar refractivity (Wildman–Crippen MR) is 152 cm³/mol. The minimum atomic E-state index is -1.47. The van der Waals surface area contributed by atoms with Crippen molar-refractivity contribution < 1.29 is 24.9 Å². The molecule has 5 N–H and O–H groups in total. The van der Waals surface area contributed by atoms with E-state index in [0.29, 0.717) is 22.9 Å². The van der Waals surface area contributed by atoms with Crippen LogP contribution < -0.4 is 10.9 Å². The molecule has 2 heterocycles. The lowest BCUT2D eigenvalue weighted by Gasteiger charge is -2.41. The van der Waals surface area contributed by atoms with Crippen molar-refractivity contribution in [3.63, 3.8) is 0 Å². The normalized spacial score (nSPS) is 24.8. The maximum absolute atomic E-state index is 12.4. The summed E-state index contributed by atoms with van der Waals surface area (Å²) in [4.78, 5) is 12.4. The summed E-state index contributed by atoms with van der Waals surface area (Å²) in [6, 6.07) is 22.9. The van der Waals surface area contributed by atoms with Gasteiger partial charge in [0.1, 0.15) is 24.4 Å². The summed E-state index contributed by atoms with van der Waals surface area (Å²) in [5, 5.41) is 33.8. The minimum Gasteiger partial charge on any atom is -0.388 e. The molecule has 1 aliphatic heterocycles. The summed E-state index contributed by atoms with van der Waals surface area (Å²) in [5.41, 5.74) is 10.1. The first kappa shape index (κ1) is 27.0. The van der Waals surface area contributed by atoms with Gasteiger partial charge in [0.05, 0.1) is 10.5 Å². The molecular formula is C31H32ClN3O5. The van der Waals surface area contributed by atoms with E-state index in [2.05, 4.69) is 35.1 Å². The van der Waals surface area contributed by atoms with E-state index in [1.165, 1.54) is 18.4 Å². The lowest BCUT2D eigenvalue weighted by Crippen LogP contribution is -2.59. The molecule has 1 saturated carbocycles. The standard InChI is InChI=1S/C31H32ClN3O5/c32-23-7-4-8-24-26(23)22(15-18-9-11-19(12-10-18)20-13-14-20)17-35(24)31-29(38)28(37)27(36)25(40-31)16-33-34-30(39)21-5-2-1-3-6-21/h1-12,17,20,25,27-29,31,33,36-38H,13-16H2,(H,34,39)/t25-,27-,28+,29-,31-/m1/s1. The van der Waals surface area contributed by atoms with Gasteiger partial charge in [0, 0.05) is 23.7 Å². The quantitative estimate of drug-likeness (QED) is 0.210. The zero-order valence-corrected chi connectivity index (χ0v) is 22.5. The van der Waals surface area contributed by atoms with E-state index in [0.717, 1.165) is 22.0 Å². The Labute approximate surface area is 237 Å².